The first-order chi connectivity index (χ1) is 5.15. The van der Waals surface area contributed by atoms with Gasteiger partial charge in [0.15, 0.2) is 6.10 Å². The minimum Gasteiger partial charge on any atom is -0.431 e. The molecule has 0 aliphatic carbocycles. The molecule has 0 bridgehead atoms. The molecule has 1 atom stereocenters. The first-order valence-corrected chi connectivity index (χ1v) is 3.58. The van der Waals surface area contributed by atoms with Gasteiger partial charge < -0.3 is 9.64 Å². The van der Waals surface area contributed by atoms with Gasteiger partial charge in [0.25, 0.3) is 0 Å². The van der Waals surface area contributed by atoms with Crippen molar-refractivity contribution in [3.63, 3.8) is 0 Å². The standard InChI is InChI=1S/C8H11NO2/c1-4-7-5-9(6(2)3)8(10)11-7/h1,6-7H,5H2,2-3H3/t7-/m1/s1. The highest BCUT2D eigenvalue weighted by atomic mass is 16.6. The van der Waals surface area contributed by atoms with E-state index in [4.69, 9.17) is 11.2 Å². The van der Waals surface area contributed by atoms with E-state index in [9.17, 15) is 4.79 Å². The van der Waals surface area contributed by atoms with Crippen LogP contribution in [0, 0.1) is 12.3 Å². The molecule has 1 heterocycles. The summed E-state index contributed by atoms with van der Waals surface area (Å²) in [5.74, 6) is 2.39. The minimum atomic E-state index is -0.357. The summed E-state index contributed by atoms with van der Waals surface area (Å²) >= 11 is 0. The second-order valence-corrected chi connectivity index (χ2v) is 2.79. The van der Waals surface area contributed by atoms with Crippen LogP contribution in [-0.4, -0.2) is 29.7 Å². The zero-order valence-electron chi connectivity index (χ0n) is 6.70. The van der Waals surface area contributed by atoms with Crippen LogP contribution in [0.2, 0.25) is 0 Å². The average Bonchev–Trinajstić information content (AvgIpc) is 2.30. The summed E-state index contributed by atoms with van der Waals surface area (Å²) in [7, 11) is 0. The van der Waals surface area contributed by atoms with E-state index in [0.29, 0.717) is 6.54 Å². The molecule has 3 heteroatoms. The molecule has 1 rings (SSSR count). The Bertz CT molecular complexity index is 205. The van der Waals surface area contributed by atoms with Gasteiger partial charge in [-0.15, -0.1) is 6.42 Å². The van der Waals surface area contributed by atoms with Crippen molar-refractivity contribution < 1.29 is 9.53 Å². The van der Waals surface area contributed by atoms with E-state index < -0.39 is 0 Å². The highest BCUT2D eigenvalue weighted by molar-refractivity contribution is 5.70. The molecule has 0 saturated carbocycles. The van der Waals surface area contributed by atoms with E-state index in [1.165, 1.54) is 0 Å². The number of cyclic esters (lactones) is 1. The maximum absolute atomic E-state index is 11.0. The van der Waals surface area contributed by atoms with Gasteiger partial charge in [-0.2, -0.15) is 0 Å². The van der Waals surface area contributed by atoms with Gasteiger partial charge >= 0.3 is 6.09 Å². The van der Waals surface area contributed by atoms with Crippen molar-refractivity contribution in [3.05, 3.63) is 0 Å². The van der Waals surface area contributed by atoms with Crippen LogP contribution in [0.15, 0.2) is 0 Å². The van der Waals surface area contributed by atoms with Crippen molar-refractivity contribution in [1.82, 2.24) is 4.90 Å². The normalized spacial score (nSPS) is 23.6. The summed E-state index contributed by atoms with van der Waals surface area (Å²) in [4.78, 5) is 12.6. The highest BCUT2D eigenvalue weighted by Gasteiger charge is 2.31. The van der Waals surface area contributed by atoms with Crippen molar-refractivity contribution >= 4 is 6.09 Å². The van der Waals surface area contributed by atoms with Gasteiger partial charge in [0.1, 0.15) is 0 Å². The van der Waals surface area contributed by atoms with Crippen LogP contribution in [0.3, 0.4) is 0 Å². The number of carbonyl (C=O) groups is 1. The van der Waals surface area contributed by atoms with Crippen molar-refractivity contribution in [1.29, 1.82) is 0 Å². The third-order valence-electron chi connectivity index (χ3n) is 1.65. The number of hydrogen-bond donors (Lipinski definition) is 0. The lowest BCUT2D eigenvalue weighted by atomic mass is 10.3. The fraction of sp³-hybridized carbons (Fsp3) is 0.625. The summed E-state index contributed by atoms with van der Waals surface area (Å²) in [6, 6.07) is 0.167. The fourth-order valence-electron chi connectivity index (χ4n) is 0.988. The van der Waals surface area contributed by atoms with E-state index in [1.54, 1.807) is 4.90 Å². The van der Waals surface area contributed by atoms with Crippen molar-refractivity contribution in [3.8, 4) is 12.3 Å². The Balaban J connectivity index is 2.60. The number of amides is 1. The van der Waals surface area contributed by atoms with E-state index in [0.717, 1.165) is 0 Å². The smallest absolute Gasteiger partial charge is 0.411 e. The third kappa shape index (κ3) is 1.45. The molecule has 0 unspecified atom stereocenters. The monoisotopic (exact) mass is 153 g/mol. The van der Waals surface area contributed by atoms with E-state index in [2.05, 4.69) is 5.92 Å². The maximum Gasteiger partial charge on any atom is 0.411 e. The predicted octanol–water partition coefficient (Wildman–Crippen LogP) is 0.849. The Labute approximate surface area is 66.3 Å². The number of ether oxygens (including phenoxy) is 1. The number of hydrogen-bond acceptors (Lipinski definition) is 2. The van der Waals surface area contributed by atoms with Crippen LogP contribution in [0.1, 0.15) is 13.8 Å². The number of terminal acetylenes is 1. The Morgan fingerprint density at radius 3 is 2.73 bits per heavy atom. The lowest BCUT2D eigenvalue weighted by molar-refractivity contribution is 0.143. The number of rotatable bonds is 1. The molecule has 1 aliphatic heterocycles. The summed E-state index contributed by atoms with van der Waals surface area (Å²) in [5, 5.41) is 0. The topological polar surface area (TPSA) is 29.5 Å². The van der Waals surface area contributed by atoms with Gasteiger partial charge in [-0.05, 0) is 13.8 Å². The number of carbonyl (C=O) groups excluding carboxylic acids is 1. The Morgan fingerprint density at radius 2 is 2.45 bits per heavy atom. The summed E-state index contributed by atoms with van der Waals surface area (Å²) in [6.07, 6.45) is 4.45. The average molecular weight is 153 g/mol. The number of nitrogens with zero attached hydrogens (tertiary/aromatic N) is 1. The van der Waals surface area contributed by atoms with E-state index >= 15 is 0 Å². The van der Waals surface area contributed by atoms with Gasteiger partial charge in [-0.25, -0.2) is 4.79 Å². The quantitative estimate of drug-likeness (QED) is 0.522. The third-order valence-corrected chi connectivity index (χ3v) is 1.65. The van der Waals surface area contributed by atoms with Crippen LogP contribution >= 0.6 is 0 Å². The second kappa shape index (κ2) is 2.83. The van der Waals surface area contributed by atoms with Gasteiger partial charge in [0.2, 0.25) is 0 Å². The molecule has 0 spiro atoms. The molecule has 0 aromatic heterocycles. The first-order valence-electron chi connectivity index (χ1n) is 3.58. The Kier molecular flexibility index (Phi) is 2.04. The van der Waals surface area contributed by atoms with Crippen LogP contribution in [0.4, 0.5) is 4.79 Å². The van der Waals surface area contributed by atoms with Crippen molar-refractivity contribution in [2.45, 2.75) is 26.0 Å². The van der Waals surface area contributed by atoms with Gasteiger partial charge in [0.05, 0.1) is 6.54 Å². The van der Waals surface area contributed by atoms with E-state index in [1.807, 2.05) is 13.8 Å². The summed E-state index contributed by atoms with van der Waals surface area (Å²) in [6.45, 7) is 4.38. The first kappa shape index (κ1) is 7.93. The van der Waals surface area contributed by atoms with Gasteiger partial charge in [0, 0.05) is 6.04 Å². The molecular weight excluding hydrogens is 142 g/mol. The molecule has 0 aromatic carbocycles. The summed E-state index contributed by atoms with van der Waals surface area (Å²) in [5.41, 5.74) is 0. The van der Waals surface area contributed by atoms with E-state index in [-0.39, 0.29) is 18.2 Å². The molecular formula is C8H11NO2. The highest BCUT2D eigenvalue weighted by Crippen LogP contribution is 2.12. The largest absolute Gasteiger partial charge is 0.431 e. The molecule has 0 aromatic rings. The molecule has 1 amide bonds. The van der Waals surface area contributed by atoms with Crippen LogP contribution in [-0.2, 0) is 4.74 Å². The predicted molar refractivity (Wildman–Crippen MR) is 40.9 cm³/mol. The fourth-order valence-corrected chi connectivity index (χ4v) is 0.988. The molecule has 1 saturated heterocycles. The second-order valence-electron chi connectivity index (χ2n) is 2.79. The van der Waals surface area contributed by atoms with Crippen LogP contribution in [0.5, 0.6) is 0 Å². The van der Waals surface area contributed by atoms with Gasteiger partial charge in [-0.1, -0.05) is 5.92 Å². The molecule has 11 heavy (non-hydrogen) atoms. The van der Waals surface area contributed by atoms with Crippen LogP contribution in [0.25, 0.3) is 0 Å². The van der Waals surface area contributed by atoms with Crippen LogP contribution < -0.4 is 0 Å². The molecule has 60 valence electrons. The Morgan fingerprint density at radius 1 is 1.82 bits per heavy atom. The summed E-state index contributed by atoms with van der Waals surface area (Å²) < 4.78 is 4.84. The maximum atomic E-state index is 11.0. The van der Waals surface area contributed by atoms with Crippen molar-refractivity contribution in [2.75, 3.05) is 6.54 Å². The lowest BCUT2D eigenvalue weighted by Gasteiger charge is -2.16. The molecule has 0 radical (unpaired) electrons. The molecule has 1 aliphatic rings. The zero-order valence-corrected chi connectivity index (χ0v) is 6.70. The molecule has 0 N–H and O–H groups in total. The van der Waals surface area contributed by atoms with Crippen molar-refractivity contribution in [2.24, 2.45) is 0 Å². The Hall–Kier alpha value is -1.17. The SMILES string of the molecule is C#C[C@@H]1CN(C(C)C)C(=O)O1. The zero-order chi connectivity index (χ0) is 8.43. The molecule has 1 fully saturated rings. The lowest BCUT2D eigenvalue weighted by Crippen LogP contribution is -2.31. The molecule has 3 nitrogen and oxygen atoms in total. The minimum absolute atomic E-state index is 0.167. The van der Waals surface area contributed by atoms with Gasteiger partial charge in [-0.3, -0.25) is 0 Å².